The van der Waals surface area contributed by atoms with Gasteiger partial charge in [0.05, 0.1) is 6.54 Å². The molecule has 0 aromatic heterocycles. The summed E-state index contributed by atoms with van der Waals surface area (Å²) in [6.07, 6.45) is -2.28. The van der Waals surface area contributed by atoms with Gasteiger partial charge in [0.15, 0.2) is 0 Å². The third-order valence-corrected chi connectivity index (χ3v) is 2.60. The van der Waals surface area contributed by atoms with Crippen LogP contribution in [0, 0.1) is 0 Å². The molecule has 0 radical (unpaired) electrons. The van der Waals surface area contributed by atoms with E-state index in [-0.39, 0.29) is 12.6 Å². The van der Waals surface area contributed by atoms with Crippen molar-refractivity contribution in [3.05, 3.63) is 35.9 Å². The van der Waals surface area contributed by atoms with Crippen LogP contribution in [0.2, 0.25) is 0 Å². The van der Waals surface area contributed by atoms with Crippen molar-refractivity contribution in [2.75, 3.05) is 26.7 Å². The average Bonchev–Trinajstić information content (AvgIpc) is 2.28. The minimum absolute atomic E-state index is 0.102. The van der Waals surface area contributed by atoms with E-state index in [9.17, 15) is 8.78 Å². The maximum Gasteiger partial charge on any atom is 0.251 e. The predicted octanol–water partition coefficient (Wildman–Crippen LogP) is 2.53. The van der Waals surface area contributed by atoms with Crippen molar-refractivity contribution in [1.29, 1.82) is 0 Å². The maximum absolute atomic E-state index is 12.3. The molecule has 1 rings (SSSR count). The fourth-order valence-electron chi connectivity index (χ4n) is 1.84. The first-order valence-electron chi connectivity index (χ1n) is 5.88. The summed E-state index contributed by atoms with van der Waals surface area (Å²) in [7, 11) is 1.72. The average molecular weight is 242 g/mol. The molecule has 0 spiro atoms. The van der Waals surface area contributed by atoms with Crippen LogP contribution in [0.3, 0.4) is 0 Å². The van der Waals surface area contributed by atoms with E-state index in [1.54, 1.807) is 11.9 Å². The molecule has 0 aliphatic carbocycles. The van der Waals surface area contributed by atoms with E-state index in [1.807, 2.05) is 37.3 Å². The summed E-state index contributed by atoms with van der Waals surface area (Å²) >= 11 is 0. The maximum atomic E-state index is 12.3. The van der Waals surface area contributed by atoms with Gasteiger partial charge in [-0.15, -0.1) is 0 Å². The summed E-state index contributed by atoms with van der Waals surface area (Å²) < 4.78 is 24.5. The summed E-state index contributed by atoms with van der Waals surface area (Å²) in [6, 6.07) is 10.0. The lowest BCUT2D eigenvalue weighted by Gasteiger charge is -2.24. The molecule has 1 N–H and O–H groups in total. The van der Waals surface area contributed by atoms with Crippen LogP contribution in [0.1, 0.15) is 18.5 Å². The summed E-state index contributed by atoms with van der Waals surface area (Å²) in [5, 5.41) is 3.32. The van der Waals surface area contributed by atoms with Crippen molar-refractivity contribution in [1.82, 2.24) is 10.2 Å². The van der Waals surface area contributed by atoms with E-state index >= 15 is 0 Å². The number of alkyl halides is 2. The zero-order valence-corrected chi connectivity index (χ0v) is 10.4. The molecule has 0 saturated heterocycles. The second-order valence-electron chi connectivity index (χ2n) is 4.13. The Balaban J connectivity index is 2.60. The van der Waals surface area contributed by atoms with E-state index in [4.69, 9.17) is 0 Å². The van der Waals surface area contributed by atoms with Crippen molar-refractivity contribution in [2.24, 2.45) is 0 Å². The van der Waals surface area contributed by atoms with Gasteiger partial charge in [0.25, 0.3) is 6.43 Å². The molecule has 0 amide bonds. The van der Waals surface area contributed by atoms with Crippen LogP contribution in [0.5, 0.6) is 0 Å². The van der Waals surface area contributed by atoms with Crippen LogP contribution in [0.25, 0.3) is 0 Å². The number of nitrogens with zero attached hydrogens (tertiary/aromatic N) is 1. The molecular formula is C13H20F2N2. The number of likely N-dealkylation sites (N-methyl/N-ethyl adjacent to an activating group) is 2. The van der Waals surface area contributed by atoms with Crippen LogP contribution < -0.4 is 5.32 Å². The molecule has 0 saturated carbocycles. The van der Waals surface area contributed by atoms with Gasteiger partial charge < -0.3 is 5.32 Å². The highest BCUT2D eigenvalue weighted by atomic mass is 19.3. The fraction of sp³-hybridized carbons (Fsp3) is 0.538. The summed E-state index contributed by atoms with van der Waals surface area (Å²) in [5.74, 6) is 0. The van der Waals surface area contributed by atoms with Gasteiger partial charge in [0, 0.05) is 12.6 Å². The Bertz CT molecular complexity index is 304. The Hall–Kier alpha value is -1.00. The SMILES string of the molecule is CCNC(CN(C)CC(F)F)c1ccccc1. The molecule has 0 bridgehead atoms. The van der Waals surface area contributed by atoms with Crippen molar-refractivity contribution in [3.63, 3.8) is 0 Å². The minimum atomic E-state index is -2.28. The van der Waals surface area contributed by atoms with Gasteiger partial charge in [0.1, 0.15) is 0 Å². The topological polar surface area (TPSA) is 15.3 Å². The molecule has 0 aliphatic heterocycles. The molecule has 17 heavy (non-hydrogen) atoms. The number of hydrogen-bond acceptors (Lipinski definition) is 2. The Kier molecular flexibility index (Phi) is 6.08. The van der Waals surface area contributed by atoms with Crippen LogP contribution in [-0.4, -0.2) is 38.0 Å². The zero-order chi connectivity index (χ0) is 12.7. The first kappa shape index (κ1) is 14.1. The number of rotatable bonds is 7. The highest BCUT2D eigenvalue weighted by Gasteiger charge is 2.15. The Labute approximate surface area is 102 Å². The largest absolute Gasteiger partial charge is 0.309 e. The highest BCUT2D eigenvalue weighted by molar-refractivity contribution is 5.19. The van der Waals surface area contributed by atoms with Gasteiger partial charge in [-0.1, -0.05) is 37.3 Å². The molecular weight excluding hydrogens is 222 g/mol. The predicted molar refractivity (Wildman–Crippen MR) is 66.4 cm³/mol. The number of hydrogen-bond donors (Lipinski definition) is 1. The van der Waals surface area contributed by atoms with Crippen molar-refractivity contribution < 1.29 is 8.78 Å². The van der Waals surface area contributed by atoms with Gasteiger partial charge >= 0.3 is 0 Å². The van der Waals surface area contributed by atoms with Gasteiger partial charge in [-0.05, 0) is 19.2 Å². The molecule has 0 fully saturated rings. The summed E-state index contributed by atoms with van der Waals surface area (Å²) in [5.41, 5.74) is 1.13. The van der Waals surface area contributed by atoms with Crippen LogP contribution in [0.4, 0.5) is 8.78 Å². The van der Waals surface area contributed by atoms with Crippen LogP contribution in [-0.2, 0) is 0 Å². The zero-order valence-electron chi connectivity index (χ0n) is 10.4. The first-order valence-corrected chi connectivity index (χ1v) is 5.88. The summed E-state index contributed by atoms with van der Waals surface area (Å²) in [4.78, 5) is 1.66. The first-order chi connectivity index (χ1) is 8.13. The Morgan fingerprint density at radius 1 is 1.18 bits per heavy atom. The van der Waals surface area contributed by atoms with Gasteiger partial charge in [0.2, 0.25) is 0 Å². The van der Waals surface area contributed by atoms with Crippen molar-refractivity contribution in [3.8, 4) is 0 Å². The highest BCUT2D eigenvalue weighted by Crippen LogP contribution is 2.13. The fourth-order valence-corrected chi connectivity index (χ4v) is 1.84. The minimum Gasteiger partial charge on any atom is -0.309 e. The van der Waals surface area contributed by atoms with E-state index < -0.39 is 6.43 Å². The van der Waals surface area contributed by atoms with E-state index in [1.165, 1.54) is 0 Å². The second kappa shape index (κ2) is 7.35. The van der Waals surface area contributed by atoms with E-state index in [0.717, 1.165) is 12.1 Å². The van der Waals surface area contributed by atoms with Crippen molar-refractivity contribution in [2.45, 2.75) is 19.4 Å². The van der Waals surface area contributed by atoms with Crippen molar-refractivity contribution >= 4 is 0 Å². The van der Waals surface area contributed by atoms with Gasteiger partial charge in [-0.2, -0.15) is 0 Å². The third kappa shape index (κ3) is 5.24. The quantitative estimate of drug-likeness (QED) is 0.790. The Morgan fingerprint density at radius 3 is 2.35 bits per heavy atom. The normalized spacial score (nSPS) is 13.3. The monoisotopic (exact) mass is 242 g/mol. The molecule has 1 aromatic carbocycles. The molecule has 0 aliphatic rings. The molecule has 1 unspecified atom stereocenters. The molecule has 96 valence electrons. The smallest absolute Gasteiger partial charge is 0.251 e. The van der Waals surface area contributed by atoms with E-state index in [2.05, 4.69) is 5.32 Å². The second-order valence-corrected chi connectivity index (χ2v) is 4.13. The molecule has 0 heterocycles. The molecule has 4 heteroatoms. The number of halogens is 2. The number of benzene rings is 1. The third-order valence-electron chi connectivity index (χ3n) is 2.60. The molecule has 1 aromatic rings. The molecule has 2 nitrogen and oxygen atoms in total. The Morgan fingerprint density at radius 2 is 1.82 bits per heavy atom. The van der Waals surface area contributed by atoms with Crippen LogP contribution in [0.15, 0.2) is 30.3 Å². The lowest BCUT2D eigenvalue weighted by molar-refractivity contribution is 0.0959. The van der Waals surface area contributed by atoms with E-state index in [0.29, 0.717) is 6.54 Å². The summed E-state index contributed by atoms with van der Waals surface area (Å²) in [6.45, 7) is 3.24. The van der Waals surface area contributed by atoms with Gasteiger partial charge in [-0.3, -0.25) is 4.90 Å². The molecule has 1 atom stereocenters. The lowest BCUT2D eigenvalue weighted by atomic mass is 10.1. The lowest BCUT2D eigenvalue weighted by Crippen LogP contribution is -2.35. The van der Waals surface area contributed by atoms with Crippen LogP contribution >= 0.6 is 0 Å². The number of nitrogens with one attached hydrogen (secondary N) is 1. The standard InChI is InChI=1S/C13H20F2N2/c1-3-16-12(9-17(2)10-13(14)15)11-7-5-4-6-8-11/h4-8,12-13,16H,3,9-10H2,1-2H3. The van der Waals surface area contributed by atoms with Gasteiger partial charge in [-0.25, -0.2) is 8.78 Å².